The fourth-order valence-electron chi connectivity index (χ4n) is 9.45. The highest BCUT2D eigenvalue weighted by atomic mass is 16.3. The smallest absolute Gasteiger partial charge is 0.136 e. The van der Waals surface area contributed by atoms with Crippen LogP contribution >= 0.6 is 0 Å². The Bertz CT molecular complexity index is 3550. The molecule has 296 valence electrons. The van der Waals surface area contributed by atoms with Gasteiger partial charge in [-0.25, -0.2) is 0 Å². The molecule has 12 rings (SSSR count). The van der Waals surface area contributed by atoms with Crippen molar-refractivity contribution < 1.29 is 4.42 Å². The average molecular weight is 805 g/mol. The maximum Gasteiger partial charge on any atom is 0.136 e. The molecule has 0 aliphatic heterocycles. The molecular weight excluding hydrogens is 765 g/mol. The molecule has 12 aromatic rings. The Kier molecular flexibility index (Phi) is 8.83. The van der Waals surface area contributed by atoms with Crippen molar-refractivity contribution >= 4 is 60.8 Å². The number of aromatic nitrogens is 1. The van der Waals surface area contributed by atoms with Crippen LogP contribution in [0.3, 0.4) is 0 Å². The maximum absolute atomic E-state index is 6.27. The van der Waals surface area contributed by atoms with Gasteiger partial charge in [0.05, 0.1) is 16.7 Å². The SMILES string of the molecule is c1ccc(-c2ccc(-c3ccccc3N(c3ccc(-c4cccc(-n5c6ccccc6c6ccccc65)c4)cc3)c3ccc(-c4cccc5oc6ccccc6c45)cc3)cc2)cc1. The van der Waals surface area contributed by atoms with Crippen molar-refractivity contribution in [3.05, 3.63) is 243 Å². The number of furan rings is 1. The van der Waals surface area contributed by atoms with Crippen molar-refractivity contribution in [2.24, 2.45) is 0 Å². The first-order chi connectivity index (χ1) is 31.2. The molecule has 0 saturated carbocycles. The summed E-state index contributed by atoms with van der Waals surface area (Å²) < 4.78 is 8.65. The molecule has 0 aliphatic carbocycles. The number of rotatable bonds is 8. The predicted octanol–water partition coefficient (Wildman–Crippen LogP) is 16.8. The molecular formula is C60H40N2O. The first-order valence-electron chi connectivity index (χ1n) is 21.5. The van der Waals surface area contributed by atoms with Gasteiger partial charge in [-0.3, -0.25) is 0 Å². The summed E-state index contributed by atoms with van der Waals surface area (Å²) in [6.45, 7) is 0. The van der Waals surface area contributed by atoms with Gasteiger partial charge in [0.1, 0.15) is 11.2 Å². The highest BCUT2D eigenvalue weighted by Gasteiger charge is 2.19. The molecule has 2 heterocycles. The summed E-state index contributed by atoms with van der Waals surface area (Å²) in [7, 11) is 0. The molecule has 0 fully saturated rings. The van der Waals surface area contributed by atoms with Crippen molar-refractivity contribution in [3.8, 4) is 50.2 Å². The van der Waals surface area contributed by atoms with E-state index in [0.29, 0.717) is 0 Å². The van der Waals surface area contributed by atoms with Gasteiger partial charge in [-0.15, -0.1) is 0 Å². The maximum atomic E-state index is 6.27. The molecule has 0 bridgehead atoms. The lowest BCUT2D eigenvalue weighted by atomic mass is 9.97. The van der Waals surface area contributed by atoms with Gasteiger partial charge in [0, 0.05) is 44.2 Å². The van der Waals surface area contributed by atoms with Crippen LogP contribution in [-0.2, 0) is 0 Å². The second-order valence-corrected chi connectivity index (χ2v) is 16.1. The second kappa shape index (κ2) is 15.3. The molecule has 0 amide bonds. The zero-order valence-corrected chi connectivity index (χ0v) is 34.4. The second-order valence-electron chi connectivity index (χ2n) is 16.1. The highest BCUT2D eigenvalue weighted by molar-refractivity contribution is 6.12. The monoisotopic (exact) mass is 804 g/mol. The van der Waals surface area contributed by atoms with Gasteiger partial charge in [-0.2, -0.15) is 0 Å². The Morgan fingerprint density at radius 3 is 1.52 bits per heavy atom. The van der Waals surface area contributed by atoms with Gasteiger partial charge in [-0.1, -0.05) is 176 Å². The average Bonchev–Trinajstić information content (AvgIpc) is 3.91. The molecule has 0 atom stereocenters. The quantitative estimate of drug-likeness (QED) is 0.153. The van der Waals surface area contributed by atoms with E-state index in [-0.39, 0.29) is 0 Å². The number of hydrogen-bond donors (Lipinski definition) is 0. The van der Waals surface area contributed by atoms with E-state index in [1.165, 1.54) is 32.9 Å². The summed E-state index contributed by atoms with van der Waals surface area (Å²) in [5.41, 5.74) is 17.9. The molecule has 0 spiro atoms. The largest absolute Gasteiger partial charge is 0.456 e. The van der Waals surface area contributed by atoms with Crippen molar-refractivity contribution in [2.75, 3.05) is 4.90 Å². The molecule has 0 aliphatic rings. The standard InChI is InChI=1S/C60H40N2O/c1-2-14-41(15-3-1)42-28-30-44(31-29-42)50-18-4-8-23-55(50)61(48-38-34-45(35-39-48)51-22-13-27-59-60(51)54-21-7-11-26-58(54)63-59)47-36-32-43(33-37-47)46-16-12-17-49(40-46)62-56-24-9-5-19-52(56)53-20-6-10-25-57(53)62/h1-40H. The lowest BCUT2D eigenvalue weighted by Gasteiger charge is -2.28. The minimum Gasteiger partial charge on any atom is -0.456 e. The molecule has 0 saturated heterocycles. The van der Waals surface area contributed by atoms with E-state index < -0.39 is 0 Å². The van der Waals surface area contributed by atoms with Gasteiger partial charge in [-0.05, 0) is 106 Å². The first kappa shape index (κ1) is 36.5. The Hall–Kier alpha value is -8.40. The van der Waals surface area contributed by atoms with E-state index in [0.717, 1.165) is 78.1 Å². The van der Waals surface area contributed by atoms with E-state index in [9.17, 15) is 0 Å². The molecule has 2 aromatic heterocycles. The fraction of sp³-hybridized carbons (Fsp3) is 0. The molecule has 10 aromatic carbocycles. The summed E-state index contributed by atoms with van der Waals surface area (Å²) in [6, 6.07) is 87.1. The lowest BCUT2D eigenvalue weighted by molar-refractivity contribution is 0.669. The number of benzene rings is 10. The minimum absolute atomic E-state index is 0.896. The Labute approximate surface area is 366 Å². The van der Waals surface area contributed by atoms with Crippen LogP contribution in [0, 0.1) is 0 Å². The molecule has 63 heavy (non-hydrogen) atoms. The van der Waals surface area contributed by atoms with Crippen LogP contribution < -0.4 is 4.90 Å². The molecule has 0 radical (unpaired) electrons. The van der Waals surface area contributed by atoms with Crippen LogP contribution in [0.5, 0.6) is 0 Å². The topological polar surface area (TPSA) is 21.3 Å². The van der Waals surface area contributed by atoms with E-state index in [4.69, 9.17) is 4.42 Å². The zero-order valence-electron chi connectivity index (χ0n) is 34.4. The fourth-order valence-corrected chi connectivity index (χ4v) is 9.45. The summed E-state index contributed by atoms with van der Waals surface area (Å²) in [4.78, 5) is 2.39. The molecule has 0 N–H and O–H groups in total. The number of fused-ring (bicyclic) bond motifs is 6. The Morgan fingerprint density at radius 1 is 0.317 bits per heavy atom. The van der Waals surface area contributed by atoms with Crippen LogP contribution in [0.15, 0.2) is 247 Å². The van der Waals surface area contributed by atoms with Gasteiger partial charge >= 0.3 is 0 Å². The third-order valence-corrected chi connectivity index (χ3v) is 12.4. The van der Waals surface area contributed by atoms with Crippen molar-refractivity contribution in [2.45, 2.75) is 0 Å². The zero-order chi connectivity index (χ0) is 41.7. The van der Waals surface area contributed by atoms with E-state index in [2.05, 4.69) is 240 Å². The summed E-state index contributed by atoms with van der Waals surface area (Å²) in [6.07, 6.45) is 0. The number of para-hydroxylation sites is 4. The first-order valence-corrected chi connectivity index (χ1v) is 21.5. The minimum atomic E-state index is 0.896. The Balaban J connectivity index is 0.957. The predicted molar refractivity (Wildman–Crippen MR) is 264 cm³/mol. The van der Waals surface area contributed by atoms with E-state index in [1.54, 1.807) is 0 Å². The van der Waals surface area contributed by atoms with Crippen molar-refractivity contribution in [1.29, 1.82) is 0 Å². The number of hydrogen-bond acceptors (Lipinski definition) is 2. The Morgan fingerprint density at radius 2 is 0.794 bits per heavy atom. The lowest BCUT2D eigenvalue weighted by Crippen LogP contribution is -2.11. The van der Waals surface area contributed by atoms with Crippen LogP contribution in [0.1, 0.15) is 0 Å². The molecule has 3 heteroatoms. The third-order valence-electron chi connectivity index (χ3n) is 12.4. The van der Waals surface area contributed by atoms with Crippen molar-refractivity contribution in [3.63, 3.8) is 0 Å². The molecule has 0 unspecified atom stereocenters. The van der Waals surface area contributed by atoms with Gasteiger partial charge in [0.15, 0.2) is 0 Å². The highest BCUT2D eigenvalue weighted by Crippen LogP contribution is 2.44. The van der Waals surface area contributed by atoms with Gasteiger partial charge in [0.2, 0.25) is 0 Å². The van der Waals surface area contributed by atoms with Crippen LogP contribution in [0.4, 0.5) is 17.1 Å². The van der Waals surface area contributed by atoms with Crippen molar-refractivity contribution in [1.82, 2.24) is 4.57 Å². The van der Waals surface area contributed by atoms with Gasteiger partial charge in [0.25, 0.3) is 0 Å². The van der Waals surface area contributed by atoms with Crippen LogP contribution in [-0.4, -0.2) is 4.57 Å². The number of anilines is 3. The molecule has 3 nitrogen and oxygen atoms in total. The normalized spacial score (nSPS) is 11.5. The number of nitrogens with zero attached hydrogens (tertiary/aromatic N) is 2. The van der Waals surface area contributed by atoms with Crippen LogP contribution in [0.25, 0.3) is 93.9 Å². The third kappa shape index (κ3) is 6.38. The summed E-state index contributed by atoms with van der Waals surface area (Å²) >= 11 is 0. The summed E-state index contributed by atoms with van der Waals surface area (Å²) in [5, 5.41) is 4.78. The summed E-state index contributed by atoms with van der Waals surface area (Å²) in [5.74, 6) is 0. The van der Waals surface area contributed by atoms with E-state index >= 15 is 0 Å². The van der Waals surface area contributed by atoms with E-state index in [1.807, 2.05) is 12.1 Å². The van der Waals surface area contributed by atoms with Crippen LogP contribution in [0.2, 0.25) is 0 Å². The van der Waals surface area contributed by atoms with Gasteiger partial charge < -0.3 is 13.9 Å².